The molecule has 1 aromatic carbocycles. The molecule has 1 aromatic rings. The van der Waals surface area contributed by atoms with Gasteiger partial charge in [-0.25, -0.2) is 8.78 Å². The van der Waals surface area contributed by atoms with Crippen LogP contribution in [0.4, 0.5) is 14.5 Å². The fourth-order valence-electron chi connectivity index (χ4n) is 7.02. The van der Waals surface area contributed by atoms with Gasteiger partial charge in [0.1, 0.15) is 6.04 Å². The van der Waals surface area contributed by atoms with Crippen molar-refractivity contribution >= 4 is 23.4 Å². The second-order valence-corrected chi connectivity index (χ2v) is 12.0. The maximum Gasteiger partial charge on any atom is 0.255 e. The lowest BCUT2D eigenvalue weighted by molar-refractivity contribution is -0.136. The van der Waals surface area contributed by atoms with Crippen molar-refractivity contribution in [2.45, 2.75) is 101 Å². The largest absolute Gasteiger partial charge is 0.368 e. The van der Waals surface area contributed by atoms with Crippen LogP contribution in [-0.4, -0.2) is 71.2 Å². The molecule has 5 aliphatic rings. The van der Waals surface area contributed by atoms with Crippen LogP contribution in [0.3, 0.4) is 0 Å². The monoisotopic (exact) mass is 528 g/mol. The Bertz CT molecular complexity index is 1090. The van der Waals surface area contributed by atoms with Crippen molar-refractivity contribution in [3.63, 3.8) is 0 Å². The summed E-state index contributed by atoms with van der Waals surface area (Å²) in [4.78, 5) is 44.0. The van der Waals surface area contributed by atoms with Crippen LogP contribution < -0.4 is 10.2 Å². The van der Waals surface area contributed by atoms with Crippen molar-refractivity contribution in [3.05, 3.63) is 29.3 Å². The number of imide groups is 1. The van der Waals surface area contributed by atoms with Gasteiger partial charge in [0, 0.05) is 74.3 Å². The Hall–Kier alpha value is -2.55. The van der Waals surface area contributed by atoms with Crippen molar-refractivity contribution in [2.75, 3.05) is 24.5 Å². The lowest BCUT2D eigenvalue weighted by Gasteiger charge is -2.44. The Morgan fingerprint density at radius 2 is 1.71 bits per heavy atom. The van der Waals surface area contributed by atoms with Crippen molar-refractivity contribution < 1.29 is 23.2 Å². The van der Waals surface area contributed by atoms with E-state index in [1.165, 1.54) is 12.8 Å². The number of fused-ring (bicyclic) bond motifs is 1. The van der Waals surface area contributed by atoms with Gasteiger partial charge >= 0.3 is 0 Å². The number of likely N-dealkylation sites (tertiary alicyclic amines) is 1. The number of nitrogens with one attached hydrogen (secondary N) is 1. The van der Waals surface area contributed by atoms with E-state index < -0.39 is 12.0 Å². The maximum absolute atomic E-state index is 13.7. The lowest BCUT2D eigenvalue weighted by atomic mass is 9.87. The molecule has 38 heavy (non-hydrogen) atoms. The number of carbonyl (C=O) groups is 3. The fraction of sp³-hybridized carbons (Fsp3) is 0.690. The molecular weight excluding hydrogens is 490 g/mol. The number of rotatable bonds is 7. The van der Waals surface area contributed by atoms with Crippen molar-refractivity contribution in [2.24, 2.45) is 5.92 Å². The molecular formula is C29H38F2N4O3. The molecule has 206 valence electrons. The number of hydrogen-bond acceptors (Lipinski definition) is 5. The van der Waals surface area contributed by atoms with Crippen molar-refractivity contribution in [3.8, 4) is 0 Å². The molecule has 3 amide bonds. The molecule has 1 atom stereocenters. The zero-order valence-corrected chi connectivity index (χ0v) is 22.0. The molecule has 6 rings (SSSR count). The minimum absolute atomic E-state index is 0.0334. The summed E-state index contributed by atoms with van der Waals surface area (Å²) in [6.45, 7) is 2.29. The Kier molecular flexibility index (Phi) is 6.91. The van der Waals surface area contributed by atoms with Crippen LogP contribution in [0.25, 0.3) is 0 Å². The van der Waals surface area contributed by atoms with Gasteiger partial charge < -0.3 is 9.80 Å². The summed E-state index contributed by atoms with van der Waals surface area (Å²) in [5, 5.41) is 2.39. The fourth-order valence-corrected chi connectivity index (χ4v) is 7.02. The SMILES string of the molecule is O=C1CCC(N2Cc3c(cccc3N(CCC3CC3)C3CCC(N4CCC(F)(F)CC4)CC3)C2=O)C(=O)N1. The molecule has 2 saturated heterocycles. The van der Waals surface area contributed by atoms with Gasteiger partial charge in [-0.05, 0) is 56.6 Å². The Balaban J connectivity index is 1.18. The summed E-state index contributed by atoms with van der Waals surface area (Å²) in [7, 11) is 0. The molecule has 1 N–H and O–H groups in total. The lowest BCUT2D eigenvalue weighted by Crippen LogP contribution is -2.52. The second-order valence-electron chi connectivity index (χ2n) is 12.0. The van der Waals surface area contributed by atoms with E-state index in [4.69, 9.17) is 0 Å². The third kappa shape index (κ3) is 5.18. The van der Waals surface area contributed by atoms with Gasteiger partial charge in [-0.3, -0.25) is 24.6 Å². The van der Waals surface area contributed by atoms with E-state index in [0.29, 0.717) is 43.7 Å². The van der Waals surface area contributed by atoms with E-state index in [1.54, 1.807) is 4.90 Å². The Labute approximate surface area is 222 Å². The highest BCUT2D eigenvalue weighted by Crippen LogP contribution is 2.40. The number of carbonyl (C=O) groups excluding carboxylic acids is 3. The smallest absolute Gasteiger partial charge is 0.255 e. The molecule has 2 aliphatic carbocycles. The first-order chi connectivity index (χ1) is 18.3. The standard InChI is InChI=1S/C29H38F2N4O3/c30-29(31)13-16-33(17-14-29)20-6-8-21(9-7-20)34(15-12-19-4-5-19)24-3-1-2-22-23(24)18-35(28(22)38)25-10-11-26(36)32-27(25)37/h1-3,19-21,25H,4-18H2,(H,32,36,37). The second kappa shape index (κ2) is 10.2. The molecule has 3 aliphatic heterocycles. The summed E-state index contributed by atoms with van der Waals surface area (Å²) in [5.74, 6) is -2.54. The van der Waals surface area contributed by atoms with Gasteiger partial charge in [0.25, 0.3) is 11.8 Å². The number of benzene rings is 1. The van der Waals surface area contributed by atoms with Crippen LogP contribution in [0.15, 0.2) is 18.2 Å². The van der Waals surface area contributed by atoms with Gasteiger partial charge in [-0.15, -0.1) is 0 Å². The molecule has 7 nitrogen and oxygen atoms in total. The van der Waals surface area contributed by atoms with E-state index >= 15 is 0 Å². The number of alkyl halides is 2. The van der Waals surface area contributed by atoms with Crippen molar-refractivity contribution in [1.82, 2.24) is 15.1 Å². The molecule has 0 radical (unpaired) electrons. The molecule has 2 saturated carbocycles. The molecule has 0 bridgehead atoms. The maximum atomic E-state index is 13.7. The van der Waals surface area contributed by atoms with Crippen LogP contribution in [-0.2, 0) is 16.1 Å². The number of halogens is 2. The average Bonchev–Trinajstić information content (AvgIpc) is 3.67. The molecule has 0 spiro atoms. The summed E-state index contributed by atoms with van der Waals surface area (Å²) < 4.78 is 27.4. The predicted octanol–water partition coefficient (Wildman–Crippen LogP) is 4.10. The number of anilines is 1. The van der Waals surface area contributed by atoms with Gasteiger partial charge in [0.15, 0.2) is 0 Å². The number of piperidine rings is 2. The van der Waals surface area contributed by atoms with E-state index in [1.807, 2.05) is 12.1 Å². The highest BCUT2D eigenvalue weighted by molar-refractivity contribution is 6.06. The normalized spacial score (nSPS) is 29.8. The summed E-state index contributed by atoms with van der Waals surface area (Å²) >= 11 is 0. The quantitative estimate of drug-likeness (QED) is 0.540. The zero-order valence-electron chi connectivity index (χ0n) is 22.0. The highest BCUT2D eigenvalue weighted by atomic mass is 19.3. The van der Waals surface area contributed by atoms with E-state index in [2.05, 4.69) is 21.2 Å². The van der Waals surface area contributed by atoms with Crippen LogP contribution >= 0.6 is 0 Å². The van der Waals surface area contributed by atoms with Crippen LogP contribution in [0, 0.1) is 5.92 Å². The molecule has 9 heteroatoms. The van der Waals surface area contributed by atoms with E-state index in [-0.39, 0.29) is 37.0 Å². The predicted molar refractivity (Wildman–Crippen MR) is 139 cm³/mol. The van der Waals surface area contributed by atoms with Gasteiger partial charge in [-0.1, -0.05) is 18.9 Å². The first-order valence-electron chi connectivity index (χ1n) is 14.4. The van der Waals surface area contributed by atoms with Crippen molar-refractivity contribution in [1.29, 1.82) is 0 Å². The molecule has 0 aromatic heterocycles. The summed E-state index contributed by atoms with van der Waals surface area (Å²) in [6, 6.07) is 6.03. The number of hydrogen-bond donors (Lipinski definition) is 1. The third-order valence-corrected chi connectivity index (χ3v) is 9.49. The first kappa shape index (κ1) is 25.7. The molecule has 1 unspecified atom stereocenters. The molecule has 3 heterocycles. The average molecular weight is 529 g/mol. The van der Waals surface area contributed by atoms with Gasteiger partial charge in [-0.2, -0.15) is 0 Å². The number of nitrogens with zero attached hydrogens (tertiary/aromatic N) is 3. The first-order valence-corrected chi connectivity index (χ1v) is 14.4. The number of amides is 3. The minimum atomic E-state index is -2.51. The Morgan fingerprint density at radius 1 is 0.974 bits per heavy atom. The molecule has 4 fully saturated rings. The van der Waals surface area contributed by atoms with Crippen LogP contribution in [0.1, 0.15) is 86.6 Å². The third-order valence-electron chi connectivity index (χ3n) is 9.49. The minimum Gasteiger partial charge on any atom is -0.368 e. The summed E-state index contributed by atoms with van der Waals surface area (Å²) in [5.41, 5.74) is 2.73. The van der Waals surface area contributed by atoms with Gasteiger partial charge in [0.05, 0.1) is 0 Å². The van der Waals surface area contributed by atoms with E-state index in [9.17, 15) is 23.2 Å². The highest BCUT2D eigenvalue weighted by Gasteiger charge is 2.42. The van der Waals surface area contributed by atoms with Crippen LogP contribution in [0.5, 0.6) is 0 Å². The van der Waals surface area contributed by atoms with E-state index in [0.717, 1.165) is 55.8 Å². The Morgan fingerprint density at radius 3 is 2.39 bits per heavy atom. The topological polar surface area (TPSA) is 73.0 Å². The zero-order chi connectivity index (χ0) is 26.4. The summed E-state index contributed by atoms with van der Waals surface area (Å²) in [6.07, 6.45) is 8.28. The van der Waals surface area contributed by atoms with Gasteiger partial charge in [0.2, 0.25) is 11.8 Å². The van der Waals surface area contributed by atoms with Crippen LogP contribution in [0.2, 0.25) is 0 Å².